The first kappa shape index (κ1) is 14.1. The zero-order chi connectivity index (χ0) is 14.8. The minimum absolute atomic E-state index is 0.163. The first-order valence-corrected chi connectivity index (χ1v) is 7.34. The second-order valence-corrected chi connectivity index (χ2v) is 5.64. The largest absolute Gasteiger partial charge is 0.497 e. The van der Waals surface area contributed by atoms with Gasteiger partial charge in [-0.2, -0.15) is 0 Å². The summed E-state index contributed by atoms with van der Waals surface area (Å²) in [5, 5.41) is 3.51. The molecule has 1 N–H and O–H groups in total. The van der Waals surface area contributed by atoms with Gasteiger partial charge in [0, 0.05) is 12.6 Å². The van der Waals surface area contributed by atoms with Crippen LogP contribution in [-0.4, -0.2) is 13.2 Å². The highest BCUT2D eigenvalue weighted by Crippen LogP contribution is 2.29. The van der Waals surface area contributed by atoms with Gasteiger partial charge in [-0.05, 0) is 60.2 Å². The molecule has 0 unspecified atom stereocenters. The predicted molar refractivity (Wildman–Crippen MR) is 83.0 cm³/mol. The molecule has 0 radical (unpaired) electrons. The summed E-state index contributed by atoms with van der Waals surface area (Å²) >= 11 is 0. The van der Waals surface area contributed by atoms with Crippen molar-refractivity contribution < 1.29 is 9.13 Å². The van der Waals surface area contributed by atoms with E-state index < -0.39 is 0 Å². The molecular formula is C18H20FNO. The van der Waals surface area contributed by atoms with Crippen LogP contribution in [0.25, 0.3) is 11.1 Å². The number of ether oxygens (including phenoxy) is 1. The van der Waals surface area contributed by atoms with Crippen molar-refractivity contribution >= 4 is 0 Å². The zero-order valence-corrected chi connectivity index (χ0v) is 12.4. The molecule has 3 heteroatoms. The van der Waals surface area contributed by atoms with Crippen LogP contribution in [0.1, 0.15) is 24.0 Å². The molecule has 0 aromatic heterocycles. The second-order valence-electron chi connectivity index (χ2n) is 5.64. The van der Waals surface area contributed by atoms with Gasteiger partial charge in [0.05, 0.1) is 7.11 Å². The molecular weight excluding hydrogens is 265 g/mol. The van der Waals surface area contributed by atoms with Crippen molar-refractivity contribution in [2.45, 2.75) is 32.4 Å². The van der Waals surface area contributed by atoms with E-state index in [1.165, 1.54) is 12.8 Å². The van der Waals surface area contributed by atoms with E-state index in [0.29, 0.717) is 11.6 Å². The van der Waals surface area contributed by atoms with Crippen LogP contribution in [0.3, 0.4) is 0 Å². The lowest BCUT2D eigenvalue weighted by molar-refractivity contribution is 0.414. The summed E-state index contributed by atoms with van der Waals surface area (Å²) in [5.74, 6) is 0.670. The quantitative estimate of drug-likeness (QED) is 0.894. The second kappa shape index (κ2) is 5.86. The van der Waals surface area contributed by atoms with E-state index in [2.05, 4.69) is 5.32 Å². The van der Waals surface area contributed by atoms with Crippen molar-refractivity contribution in [2.75, 3.05) is 7.11 Å². The highest BCUT2D eigenvalue weighted by molar-refractivity contribution is 5.69. The number of benzene rings is 2. The summed E-state index contributed by atoms with van der Waals surface area (Å²) in [5.41, 5.74) is 3.78. The van der Waals surface area contributed by atoms with Gasteiger partial charge in [0.25, 0.3) is 0 Å². The number of hydrogen-bond acceptors (Lipinski definition) is 2. The average Bonchev–Trinajstić information content (AvgIpc) is 3.32. The molecule has 0 amide bonds. The number of halogens is 1. The first-order chi connectivity index (χ1) is 10.2. The number of aryl methyl sites for hydroxylation is 1. The molecule has 0 saturated heterocycles. The van der Waals surface area contributed by atoms with Gasteiger partial charge in [-0.1, -0.05) is 18.2 Å². The van der Waals surface area contributed by atoms with E-state index in [-0.39, 0.29) is 5.82 Å². The molecule has 21 heavy (non-hydrogen) atoms. The maximum absolute atomic E-state index is 13.8. The van der Waals surface area contributed by atoms with Gasteiger partial charge in [0.1, 0.15) is 11.6 Å². The van der Waals surface area contributed by atoms with Gasteiger partial charge in [-0.3, -0.25) is 0 Å². The van der Waals surface area contributed by atoms with E-state index in [1.54, 1.807) is 20.1 Å². The predicted octanol–water partition coefficient (Wildman–Crippen LogP) is 4.06. The molecule has 0 heterocycles. The Balaban J connectivity index is 1.96. The topological polar surface area (TPSA) is 21.3 Å². The summed E-state index contributed by atoms with van der Waals surface area (Å²) in [7, 11) is 1.67. The van der Waals surface area contributed by atoms with Crippen LogP contribution in [-0.2, 0) is 6.54 Å². The average molecular weight is 285 g/mol. The summed E-state index contributed by atoms with van der Waals surface area (Å²) in [6.45, 7) is 2.56. The van der Waals surface area contributed by atoms with Crippen LogP contribution in [0.5, 0.6) is 5.75 Å². The van der Waals surface area contributed by atoms with Gasteiger partial charge < -0.3 is 10.1 Å². The molecule has 2 nitrogen and oxygen atoms in total. The smallest absolute Gasteiger partial charge is 0.126 e. The minimum atomic E-state index is -0.163. The Kier molecular flexibility index (Phi) is 3.93. The van der Waals surface area contributed by atoms with Crippen molar-refractivity contribution in [3.05, 3.63) is 53.3 Å². The van der Waals surface area contributed by atoms with Crippen LogP contribution in [0.4, 0.5) is 4.39 Å². The fraction of sp³-hybridized carbons (Fsp3) is 0.333. The Morgan fingerprint density at radius 3 is 2.67 bits per heavy atom. The standard InChI is InChI=1S/C18H20FNO/c1-12-3-4-13(10-18(12)19)17-8-7-16(21-2)9-14(17)11-20-15-5-6-15/h3-4,7-10,15,20H,5-6,11H2,1-2H3. The Morgan fingerprint density at radius 1 is 1.19 bits per heavy atom. The van der Waals surface area contributed by atoms with Crippen molar-refractivity contribution in [3.63, 3.8) is 0 Å². The molecule has 0 bridgehead atoms. The molecule has 3 rings (SSSR count). The van der Waals surface area contributed by atoms with Crippen LogP contribution in [0, 0.1) is 12.7 Å². The molecule has 2 aromatic carbocycles. The summed E-state index contributed by atoms with van der Waals surface area (Å²) in [6.07, 6.45) is 2.50. The van der Waals surface area contributed by atoms with E-state index in [0.717, 1.165) is 29.0 Å². The summed E-state index contributed by atoms with van der Waals surface area (Å²) in [4.78, 5) is 0. The van der Waals surface area contributed by atoms with Gasteiger partial charge in [-0.25, -0.2) is 4.39 Å². The van der Waals surface area contributed by atoms with Gasteiger partial charge in [0.2, 0.25) is 0 Å². The van der Waals surface area contributed by atoms with E-state index in [4.69, 9.17) is 4.74 Å². The molecule has 1 aliphatic carbocycles. The molecule has 1 saturated carbocycles. The fourth-order valence-corrected chi connectivity index (χ4v) is 2.43. The number of rotatable bonds is 5. The van der Waals surface area contributed by atoms with E-state index in [1.807, 2.05) is 30.3 Å². The Hall–Kier alpha value is -1.87. The third-order valence-corrected chi connectivity index (χ3v) is 3.95. The van der Waals surface area contributed by atoms with Gasteiger partial charge in [-0.15, -0.1) is 0 Å². The molecule has 1 aliphatic rings. The van der Waals surface area contributed by atoms with E-state index >= 15 is 0 Å². The first-order valence-electron chi connectivity index (χ1n) is 7.34. The van der Waals surface area contributed by atoms with E-state index in [9.17, 15) is 4.39 Å². The third-order valence-electron chi connectivity index (χ3n) is 3.95. The van der Waals surface area contributed by atoms with Crippen LogP contribution in [0.15, 0.2) is 36.4 Å². The summed E-state index contributed by atoms with van der Waals surface area (Å²) in [6, 6.07) is 12.0. The van der Waals surface area contributed by atoms with Crippen LogP contribution < -0.4 is 10.1 Å². The van der Waals surface area contributed by atoms with Gasteiger partial charge in [0.15, 0.2) is 0 Å². The number of methoxy groups -OCH3 is 1. The van der Waals surface area contributed by atoms with Crippen molar-refractivity contribution in [2.24, 2.45) is 0 Å². The fourth-order valence-electron chi connectivity index (χ4n) is 2.43. The maximum Gasteiger partial charge on any atom is 0.126 e. The molecule has 2 aromatic rings. The van der Waals surface area contributed by atoms with Gasteiger partial charge >= 0.3 is 0 Å². The SMILES string of the molecule is COc1ccc(-c2ccc(C)c(F)c2)c(CNC2CC2)c1. The Morgan fingerprint density at radius 2 is 2.00 bits per heavy atom. The number of hydrogen-bond donors (Lipinski definition) is 1. The molecule has 1 fully saturated rings. The lowest BCUT2D eigenvalue weighted by Gasteiger charge is -2.13. The number of nitrogens with one attached hydrogen (secondary N) is 1. The zero-order valence-electron chi connectivity index (χ0n) is 12.4. The molecule has 0 aliphatic heterocycles. The van der Waals surface area contributed by atoms with Crippen molar-refractivity contribution in [3.8, 4) is 16.9 Å². The highest BCUT2D eigenvalue weighted by atomic mass is 19.1. The monoisotopic (exact) mass is 285 g/mol. The van der Waals surface area contributed by atoms with Crippen molar-refractivity contribution in [1.29, 1.82) is 0 Å². The summed E-state index contributed by atoms with van der Waals surface area (Å²) < 4.78 is 19.1. The molecule has 0 atom stereocenters. The van der Waals surface area contributed by atoms with Crippen LogP contribution in [0.2, 0.25) is 0 Å². The van der Waals surface area contributed by atoms with Crippen LogP contribution >= 0.6 is 0 Å². The van der Waals surface area contributed by atoms with Crippen molar-refractivity contribution in [1.82, 2.24) is 5.32 Å². The Labute approximate surface area is 125 Å². The molecule has 110 valence electrons. The highest BCUT2D eigenvalue weighted by Gasteiger charge is 2.20. The minimum Gasteiger partial charge on any atom is -0.497 e. The lowest BCUT2D eigenvalue weighted by atomic mass is 9.98. The molecule has 0 spiro atoms. The lowest BCUT2D eigenvalue weighted by Crippen LogP contribution is -2.16. The normalized spacial score (nSPS) is 14.2. The Bertz CT molecular complexity index is 650. The maximum atomic E-state index is 13.8. The third kappa shape index (κ3) is 3.24.